The van der Waals surface area contributed by atoms with Gasteiger partial charge in [-0.05, 0) is 46.5 Å². The van der Waals surface area contributed by atoms with Crippen molar-refractivity contribution in [2.45, 2.75) is 25.3 Å². The summed E-state index contributed by atoms with van der Waals surface area (Å²) in [6.07, 6.45) is 2.44. The fourth-order valence-corrected chi connectivity index (χ4v) is 2.03. The Morgan fingerprint density at radius 2 is 2.16 bits per heavy atom. The second kappa shape index (κ2) is 5.69. The molecule has 0 spiro atoms. The number of hydrogen-bond donors (Lipinski definition) is 2. The largest absolute Gasteiger partial charge is 0.480 e. The van der Waals surface area contributed by atoms with Gasteiger partial charge in [0.05, 0.1) is 4.47 Å². The molecule has 6 heteroatoms. The number of carbonyl (C=O) groups excluding carboxylic acids is 1. The third-order valence-corrected chi connectivity index (χ3v) is 3.69. The summed E-state index contributed by atoms with van der Waals surface area (Å²) < 4.78 is 13.6. The van der Waals surface area contributed by atoms with E-state index in [1.54, 1.807) is 0 Å². The predicted molar refractivity (Wildman–Crippen MR) is 70.3 cm³/mol. The Hall–Kier alpha value is -1.43. The van der Waals surface area contributed by atoms with E-state index in [0.29, 0.717) is 12.3 Å². The third kappa shape index (κ3) is 3.76. The van der Waals surface area contributed by atoms with Gasteiger partial charge in [-0.2, -0.15) is 0 Å². The average molecular weight is 330 g/mol. The number of nitrogens with one attached hydrogen (secondary N) is 1. The van der Waals surface area contributed by atoms with Crippen LogP contribution in [0.4, 0.5) is 4.39 Å². The molecule has 1 atom stereocenters. The van der Waals surface area contributed by atoms with Gasteiger partial charge in [0.2, 0.25) is 0 Å². The van der Waals surface area contributed by atoms with Crippen molar-refractivity contribution in [2.75, 3.05) is 0 Å². The molecular formula is C13H13BrFNO3. The van der Waals surface area contributed by atoms with Gasteiger partial charge in [0.15, 0.2) is 0 Å². The fraction of sp³-hybridized carbons (Fsp3) is 0.385. The van der Waals surface area contributed by atoms with Crippen molar-refractivity contribution in [1.29, 1.82) is 0 Å². The highest BCUT2D eigenvalue weighted by molar-refractivity contribution is 9.10. The molecule has 1 aliphatic carbocycles. The zero-order valence-electron chi connectivity index (χ0n) is 10.0. The van der Waals surface area contributed by atoms with Crippen LogP contribution < -0.4 is 5.32 Å². The van der Waals surface area contributed by atoms with Crippen molar-refractivity contribution in [1.82, 2.24) is 5.32 Å². The van der Waals surface area contributed by atoms with E-state index in [2.05, 4.69) is 21.2 Å². The van der Waals surface area contributed by atoms with Gasteiger partial charge in [0.25, 0.3) is 5.91 Å². The van der Waals surface area contributed by atoms with Crippen LogP contribution in [0.3, 0.4) is 0 Å². The van der Waals surface area contributed by atoms with Gasteiger partial charge in [-0.1, -0.05) is 12.8 Å². The lowest BCUT2D eigenvalue weighted by atomic mass is 10.1. The fourth-order valence-electron chi connectivity index (χ4n) is 1.79. The SMILES string of the molecule is O=C(NC(CC1CC1)C(=O)O)c1ccc(Br)c(F)c1. The van der Waals surface area contributed by atoms with Crippen LogP contribution in [0.1, 0.15) is 29.6 Å². The van der Waals surface area contributed by atoms with E-state index in [1.165, 1.54) is 12.1 Å². The van der Waals surface area contributed by atoms with Gasteiger partial charge in [-0.15, -0.1) is 0 Å². The van der Waals surface area contributed by atoms with E-state index >= 15 is 0 Å². The van der Waals surface area contributed by atoms with Crippen LogP contribution in [0, 0.1) is 11.7 Å². The molecule has 1 saturated carbocycles. The molecule has 0 aromatic heterocycles. The summed E-state index contributed by atoms with van der Waals surface area (Å²) in [6, 6.07) is 3.03. The van der Waals surface area contributed by atoms with Crippen molar-refractivity contribution < 1.29 is 19.1 Å². The van der Waals surface area contributed by atoms with Crippen molar-refractivity contribution in [2.24, 2.45) is 5.92 Å². The Labute approximate surface area is 118 Å². The zero-order chi connectivity index (χ0) is 14.0. The molecule has 1 fully saturated rings. The van der Waals surface area contributed by atoms with Crippen molar-refractivity contribution in [3.05, 3.63) is 34.1 Å². The van der Waals surface area contributed by atoms with Gasteiger partial charge in [0, 0.05) is 5.56 Å². The first kappa shape index (κ1) is 14.0. The van der Waals surface area contributed by atoms with Gasteiger partial charge >= 0.3 is 5.97 Å². The molecular weight excluding hydrogens is 317 g/mol. The minimum atomic E-state index is -1.06. The highest BCUT2D eigenvalue weighted by Gasteiger charge is 2.30. The number of rotatable bonds is 5. The van der Waals surface area contributed by atoms with E-state index in [4.69, 9.17) is 5.11 Å². The number of carboxylic acids is 1. The molecule has 0 aliphatic heterocycles. The summed E-state index contributed by atoms with van der Waals surface area (Å²) in [4.78, 5) is 22.9. The van der Waals surface area contributed by atoms with Gasteiger partial charge < -0.3 is 10.4 Å². The van der Waals surface area contributed by atoms with E-state index in [-0.39, 0.29) is 10.0 Å². The molecule has 19 heavy (non-hydrogen) atoms. The maximum atomic E-state index is 13.3. The highest BCUT2D eigenvalue weighted by atomic mass is 79.9. The van der Waals surface area contributed by atoms with Crippen LogP contribution in [0.2, 0.25) is 0 Å². The topological polar surface area (TPSA) is 66.4 Å². The Morgan fingerprint density at radius 3 is 2.68 bits per heavy atom. The molecule has 0 saturated heterocycles. The maximum Gasteiger partial charge on any atom is 0.326 e. The van der Waals surface area contributed by atoms with E-state index in [0.717, 1.165) is 18.9 Å². The van der Waals surface area contributed by atoms with E-state index in [1.807, 2.05) is 0 Å². The first-order chi connectivity index (χ1) is 8.97. The second-order valence-corrected chi connectivity index (χ2v) is 5.53. The van der Waals surface area contributed by atoms with Crippen LogP contribution in [0.5, 0.6) is 0 Å². The summed E-state index contributed by atoms with van der Waals surface area (Å²) in [5, 5.41) is 11.5. The molecule has 1 aliphatic rings. The molecule has 2 N–H and O–H groups in total. The second-order valence-electron chi connectivity index (χ2n) is 4.67. The molecule has 1 aromatic carbocycles. The quantitative estimate of drug-likeness (QED) is 0.872. The Kier molecular flexibility index (Phi) is 4.19. The molecule has 1 aromatic rings. The van der Waals surface area contributed by atoms with Crippen LogP contribution in [0.25, 0.3) is 0 Å². The summed E-state index contributed by atoms with van der Waals surface area (Å²) in [5.74, 6) is -1.80. The normalized spacial score (nSPS) is 15.9. The molecule has 0 bridgehead atoms. The van der Waals surface area contributed by atoms with E-state index in [9.17, 15) is 14.0 Å². The molecule has 0 heterocycles. The molecule has 1 amide bonds. The first-order valence-electron chi connectivity index (χ1n) is 5.96. The molecule has 1 unspecified atom stereocenters. The Balaban J connectivity index is 2.05. The zero-order valence-corrected chi connectivity index (χ0v) is 11.6. The van der Waals surface area contributed by atoms with Crippen LogP contribution in [-0.2, 0) is 4.79 Å². The monoisotopic (exact) mass is 329 g/mol. The molecule has 4 nitrogen and oxygen atoms in total. The maximum absolute atomic E-state index is 13.3. The van der Waals surface area contributed by atoms with Gasteiger partial charge in [-0.3, -0.25) is 4.79 Å². The van der Waals surface area contributed by atoms with Crippen LogP contribution >= 0.6 is 15.9 Å². The average Bonchev–Trinajstić information content (AvgIpc) is 3.15. The summed E-state index contributed by atoms with van der Waals surface area (Å²) in [5.41, 5.74) is 0.114. The molecule has 0 radical (unpaired) electrons. The van der Waals surface area contributed by atoms with Crippen LogP contribution in [0.15, 0.2) is 22.7 Å². The smallest absolute Gasteiger partial charge is 0.326 e. The summed E-state index contributed by atoms with van der Waals surface area (Å²) >= 11 is 2.99. The van der Waals surface area contributed by atoms with E-state index < -0.39 is 23.7 Å². The van der Waals surface area contributed by atoms with Gasteiger partial charge in [0.1, 0.15) is 11.9 Å². The van der Waals surface area contributed by atoms with Crippen LogP contribution in [-0.4, -0.2) is 23.0 Å². The lowest BCUT2D eigenvalue weighted by Crippen LogP contribution is -2.41. The van der Waals surface area contributed by atoms with Crippen molar-refractivity contribution >= 4 is 27.8 Å². The lowest BCUT2D eigenvalue weighted by molar-refractivity contribution is -0.139. The molecule has 2 rings (SSSR count). The number of carbonyl (C=O) groups is 2. The Morgan fingerprint density at radius 1 is 1.47 bits per heavy atom. The predicted octanol–water partition coefficient (Wildman–Crippen LogP) is 2.57. The number of hydrogen-bond acceptors (Lipinski definition) is 2. The third-order valence-electron chi connectivity index (χ3n) is 3.05. The number of halogens is 2. The Bertz CT molecular complexity index is 517. The number of amides is 1. The first-order valence-corrected chi connectivity index (χ1v) is 6.75. The molecule has 102 valence electrons. The summed E-state index contributed by atoms with van der Waals surface area (Å²) in [6.45, 7) is 0. The minimum Gasteiger partial charge on any atom is -0.480 e. The standard InChI is InChI=1S/C13H13BrFNO3/c14-9-4-3-8(6-10(9)15)12(17)16-11(13(18)19)5-7-1-2-7/h3-4,6-7,11H,1-2,5H2,(H,16,17)(H,18,19). The number of aliphatic carboxylic acids is 1. The summed E-state index contributed by atoms with van der Waals surface area (Å²) in [7, 11) is 0. The number of carboxylic acid groups (broad SMARTS) is 1. The lowest BCUT2D eigenvalue weighted by Gasteiger charge is -2.14. The van der Waals surface area contributed by atoms with Gasteiger partial charge in [-0.25, -0.2) is 9.18 Å². The minimum absolute atomic E-state index is 0.114. The highest BCUT2D eigenvalue weighted by Crippen LogP contribution is 2.33. The van der Waals surface area contributed by atoms with Crippen molar-refractivity contribution in [3.63, 3.8) is 0 Å². The van der Waals surface area contributed by atoms with Crippen molar-refractivity contribution in [3.8, 4) is 0 Å². The number of benzene rings is 1.